The number of nitrogens with zero attached hydrogens (tertiary/aromatic N) is 3. The molecule has 1 amide bonds. The minimum Gasteiger partial charge on any atom is -0.468 e. The molecule has 2 fully saturated rings. The van der Waals surface area contributed by atoms with Gasteiger partial charge in [-0.3, -0.25) is 14.7 Å². The average Bonchev–Trinajstić information content (AvgIpc) is 3.23. The zero-order valence-electron chi connectivity index (χ0n) is 14.3. The van der Waals surface area contributed by atoms with Crippen molar-refractivity contribution in [2.45, 2.75) is 13.0 Å². The van der Waals surface area contributed by atoms with Gasteiger partial charge < -0.3 is 14.1 Å². The predicted molar refractivity (Wildman–Crippen MR) is 92.0 cm³/mol. The number of rotatable bonds is 3. The number of pyridine rings is 1. The number of furan rings is 1. The lowest BCUT2D eigenvalue weighted by atomic mass is 9.87. The van der Waals surface area contributed by atoms with Gasteiger partial charge in [0.2, 0.25) is 0 Å². The van der Waals surface area contributed by atoms with Crippen LogP contribution in [0.3, 0.4) is 0 Å². The van der Waals surface area contributed by atoms with E-state index in [1.807, 2.05) is 29.2 Å². The van der Waals surface area contributed by atoms with Crippen molar-refractivity contribution in [2.75, 3.05) is 39.4 Å². The molecule has 0 saturated carbocycles. The quantitative estimate of drug-likeness (QED) is 0.855. The predicted octanol–water partition coefficient (Wildman–Crippen LogP) is 2.04. The van der Waals surface area contributed by atoms with E-state index in [4.69, 9.17) is 9.15 Å². The summed E-state index contributed by atoms with van der Waals surface area (Å²) in [6, 6.07) is 9.38. The lowest BCUT2D eigenvalue weighted by Gasteiger charge is -2.31. The SMILES string of the molecule is O=C(c1ccccn1)N1CCOCC2(CCN(Cc3ccco3)C2)C1. The first-order valence-corrected chi connectivity index (χ1v) is 8.77. The van der Waals surface area contributed by atoms with Crippen LogP contribution in [0, 0.1) is 5.41 Å². The van der Waals surface area contributed by atoms with Crippen molar-refractivity contribution in [3.63, 3.8) is 0 Å². The Morgan fingerprint density at radius 1 is 1.20 bits per heavy atom. The second-order valence-electron chi connectivity index (χ2n) is 7.03. The van der Waals surface area contributed by atoms with E-state index < -0.39 is 0 Å². The summed E-state index contributed by atoms with van der Waals surface area (Å²) in [6.07, 6.45) is 4.40. The number of ether oxygens (including phenoxy) is 1. The molecular weight excluding hydrogens is 318 g/mol. The van der Waals surface area contributed by atoms with Gasteiger partial charge in [0.25, 0.3) is 5.91 Å². The molecule has 1 spiro atoms. The first-order chi connectivity index (χ1) is 12.2. The average molecular weight is 341 g/mol. The molecule has 2 aliphatic rings. The Kier molecular flexibility index (Phi) is 4.55. The fraction of sp³-hybridized carbons (Fsp3) is 0.474. The van der Waals surface area contributed by atoms with E-state index in [1.54, 1.807) is 18.5 Å². The highest BCUT2D eigenvalue weighted by Gasteiger charge is 2.42. The standard InChI is InChI=1S/C19H23N3O3/c23-18(17-5-1-2-7-20-17)22-9-11-24-15-19(14-22)6-8-21(13-19)12-16-4-3-10-25-16/h1-5,7,10H,6,8-9,11-15H2. The molecule has 0 bridgehead atoms. The summed E-state index contributed by atoms with van der Waals surface area (Å²) in [5.74, 6) is 0.975. The van der Waals surface area contributed by atoms with Crippen molar-refractivity contribution in [3.8, 4) is 0 Å². The largest absolute Gasteiger partial charge is 0.468 e. The van der Waals surface area contributed by atoms with Crippen LogP contribution in [0.4, 0.5) is 0 Å². The van der Waals surface area contributed by atoms with Gasteiger partial charge in [0, 0.05) is 31.2 Å². The highest BCUT2D eigenvalue weighted by Crippen LogP contribution is 2.34. The molecule has 6 nitrogen and oxygen atoms in total. The maximum Gasteiger partial charge on any atom is 0.272 e. The van der Waals surface area contributed by atoms with Crippen molar-refractivity contribution >= 4 is 5.91 Å². The highest BCUT2D eigenvalue weighted by atomic mass is 16.5. The van der Waals surface area contributed by atoms with Gasteiger partial charge in [-0.25, -0.2) is 0 Å². The van der Waals surface area contributed by atoms with Crippen LogP contribution in [0.1, 0.15) is 22.7 Å². The van der Waals surface area contributed by atoms with Crippen molar-refractivity contribution in [2.24, 2.45) is 5.41 Å². The summed E-state index contributed by atoms with van der Waals surface area (Å²) in [4.78, 5) is 21.3. The Hall–Kier alpha value is -2.18. The Bertz CT molecular complexity index is 704. The molecule has 1 unspecified atom stereocenters. The monoisotopic (exact) mass is 341 g/mol. The van der Waals surface area contributed by atoms with Crippen LogP contribution in [0.25, 0.3) is 0 Å². The van der Waals surface area contributed by atoms with Crippen LogP contribution in [0.5, 0.6) is 0 Å². The minimum atomic E-state index is -0.00642. The lowest BCUT2D eigenvalue weighted by Crippen LogP contribution is -2.43. The fourth-order valence-corrected chi connectivity index (χ4v) is 3.85. The molecule has 1 atom stereocenters. The molecule has 2 aromatic rings. The van der Waals surface area contributed by atoms with Crippen molar-refractivity contribution < 1.29 is 13.9 Å². The molecule has 132 valence electrons. The minimum absolute atomic E-state index is 0.00467. The Morgan fingerprint density at radius 3 is 2.96 bits per heavy atom. The fourth-order valence-electron chi connectivity index (χ4n) is 3.85. The Balaban J connectivity index is 1.46. The first kappa shape index (κ1) is 16.3. The molecule has 2 aromatic heterocycles. The van der Waals surface area contributed by atoms with Crippen LogP contribution in [0.15, 0.2) is 47.2 Å². The van der Waals surface area contributed by atoms with Crippen LogP contribution in [0.2, 0.25) is 0 Å². The maximum absolute atomic E-state index is 12.8. The summed E-state index contributed by atoms with van der Waals surface area (Å²) in [6.45, 7) is 5.34. The van der Waals surface area contributed by atoms with Crippen LogP contribution in [-0.4, -0.2) is 60.1 Å². The molecule has 0 aliphatic carbocycles. The molecule has 25 heavy (non-hydrogen) atoms. The molecule has 4 rings (SSSR count). The van der Waals surface area contributed by atoms with Crippen molar-refractivity contribution in [3.05, 3.63) is 54.2 Å². The van der Waals surface area contributed by atoms with Crippen LogP contribution < -0.4 is 0 Å². The van der Waals surface area contributed by atoms with Crippen LogP contribution in [-0.2, 0) is 11.3 Å². The maximum atomic E-state index is 12.8. The molecule has 0 N–H and O–H groups in total. The van der Waals surface area contributed by atoms with Gasteiger partial charge in [0.1, 0.15) is 11.5 Å². The van der Waals surface area contributed by atoms with E-state index in [9.17, 15) is 4.79 Å². The smallest absolute Gasteiger partial charge is 0.272 e. The molecule has 2 aliphatic heterocycles. The molecule has 4 heterocycles. The molecule has 2 saturated heterocycles. The number of aromatic nitrogens is 1. The third-order valence-electron chi connectivity index (χ3n) is 5.09. The third-order valence-corrected chi connectivity index (χ3v) is 5.09. The van der Waals surface area contributed by atoms with Crippen LogP contribution >= 0.6 is 0 Å². The first-order valence-electron chi connectivity index (χ1n) is 8.77. The summed E-state index contributed by atoms with van der Waals surface area (Å²) in [5.41, 5.74) is 0.498. The number of likely N-dealkylation sites (tertiary alicyclic amines) is 1. The second-order valence-corrected chi connectivity index (χ2v) is 7.03. The summed E-state index contributed by atoms with van der Waals surface area (Å²) in [5, 5.41) is 0. The molecular formula is C19H23N3O3. The van der Waals surface area contributed by atoms with E-state index in [2.05, 4.69) is 9.88 Å². The van der Waals surface area contributed by atoms with Gasteiger partial charge in [0.15, 0.2) is 0 Å². The van der Waals surface area contributed by atoms with Gasteiger partial charge >= 0.3 is 0 Å². The molecule has 6 heteroatoms. The number of carbonyl (C=O) groups excluding carboxylic acids is 1. The normalized spacial score (nSPS) is 24.6. The Labute approximate surface area is 147 Å². The van der Waals surface area contributed by atoms with Crippen molar-refractivity contribution in [1.29, 1.82) is 0 Å². The number of hydrogen-bond donors (Lipinski definition) is 0. The van der Waals surface area contributed by atoms with Gasteiger partial charge in [-0.05, 0) is 37.2 Å². The van der Waals surface area contributed by atoms with E-state index in [0.717, 1.165) is 38.4 Å². The van der Waals surface area contributed by atoms with Gasteiger partial charge in [-0.15, -0.1) is 0 Å². The van der Waals surface area contributed by atoms with Gasteiger partial charge in [-0.1, -0.05) is 6.07 Å². The topological polar surface area (TPSA) is 58.8 Å². The Morgan fingerprint density at radius 2 is 2.16 bits per heavy atom. The zero-order chi connectivity index (χ0) is 17.1. The van der Waals surface area contributed by atoms with Crippen molar-refractivity contribution in [1.82, 2.24) is 14.8 Å². The van der Waals surface area contributed by atoms with E-state index >= 15 is 0 Å². The van der Waals surface area contributed by atoms with Gasteiger partial charge in [-0.2, -0.15) is 0 Å². The van der Waals surface area contributed by atoms with E-state index in [-0.39, 0.29) is 11.3 Å². The summed E-state index contributed by atoms with van der Waals surface area (Å²) >= 11 is 0. The zero-order valence-corrected chi connectivity index (χ0v) is 14.3. The third kappa shape index (κ3) is 3.60. The van der Waals surface area contributed by atoms with E-state index in [0.29, 0.717) is 25.5 Å². The number of carbonyl (C=O) groups is 1. The number of amides is 1. The second kappa shape index (κ2) is 6.98. The summed E-state index contributed by atoms with van der Waals surface area (Å²) < 4.78 is 11.3. The van der Waals surface area contributed by atoms with Gasteiger partial charge in [0.05, 0.1) is 26.0 Å². The summed E-state index contributed by atoms with van der Waals surface area (Å²) in [7, 11) is 0. The van der Waals surface area contributed by atoms with E-state index in [1.165, 1.54) is 0 Å². The lowest BCUT2D eigenvalue weighted by molar-refractivity contribution is 0.0637. The molecule has 0 aromatic carbocycles. The number of hydrogen-bond acceptors (Lipinski definition) is 5. The highest BCUT2D eigenvalue weighted by molar-refractivity contribution is 5.92. The molecule has 0 radical (unpaired) electrons.